The highest BCUT2D eigenvalue weighted by atomic mass is 79.9. The van der Waals surface area contributed by atoms with Crippen LogP contribution in [0.4, 0.5) is 0 Å². The maximum atomic E-state index is 3.68. The molecule has 0 saturated carbocycles. The van der Waals surface area contributed by atoms with Crippen molar-refractivity contribution in [2.45, 2.75) is 39.3 Å². The topological polar surface area (TPSA) is 12.0 Å². The van der Waals surface area contributed by atoms with Crippen molar-refractivity contribution in [2.24, 2.45) is 0 Å². The predicted octanol–water partition coefficient (Wildman–Crippen LogP) is 5.45. The molecule has 0 aliphatic rings. The van der Waals surface area contributed by atoms with Crippen LogP contribution in [0.15, 0.2) is 40.9 Å². The summed E-state index contributed by atoms with van der Waals surface area (Å²) >= 11 is 5.44. The number of thiophene rings is 1. The average Bonchev–Trinajstić information content (AvgIpc) is 2.75. The van der Waals surface area contributed by atoms with E-state index < -0.39 is 0 Å². The second kappa shape index (κ2) is 7.22. The summed E-state index contributed by atoms with van der Waals surface area (Å²) in [5, 5.41) is 3.68. The van der Waals surface area contributed by atoms with Crippen molar-refractivity contribution < 1.29 is 0 Å². The third-order valence-electron chi connectivity index (χ3n) is 3.21. The molecular formula is C16H20BrNS. The Kier molecular flexibility index (Phi) is 5.61. The van der Waals surface area contributed by atoms with Crippen molar-refractivity contribution in [3.8, 4) is 0 Å². The average molecular weight is 338 g/mol. The molecule has 0 aliphatic heterocycles. The molecule has 1 N–H and O–H groups in total. The summed E-state index contributed by atoms with van der Waals surface area (Å²) in [6, 6.07) is 13.4. The van der Waals surface area contributed by atoms with E-state index in [4.69, 9.17) is 0 Å². The Morgan fingerprint density at radius 1 is 1.26 bits per heavy atom. The molecule has 1 aromatic carbocycles. The van der Waals surface area contributed by atoms with E-state index in [0.29, 0.717) is 6.04 Å². The van der Waals surface area contributed by atoms with Crippen molar-refractivity contribution >= 4 is 27.3 Å². The zero-order chi connectivity index (χ0) is 13.7. The van der Waals surface area contributed by atoms with Crippen LogP contribution in [0.1, 0.15) is 41.1 Å². The standard InChI is InChI=1S/C16H20BrNS/c1-3-7-16(13-8-5-4-6-9-13)18-11-14-10-15(17)12(2)19-14/h4-6,8-10,16,18H,3,7,11H2,1-2H3. The van der Waals surface area contributed by atoms with Gasteiger partial charge in [-0.3, -0.25) is 0 Å². The van der Waals surface area contributed by atoms with Gasteiger partial charge in [-0.25, -0.2) is 0 Å². The zero-order valence-corrected chi connectivity index (χ0v) is 13.9. The van der Waals surface area contributed by atoms with Gasteiger partial charge in [0.25, 0.3) is 0 Å². The summed E-state index contributed by atoms with van der Waals surface area (Å²) in [6.07, 6.45) is 2.37. The molecule has 1 atom stereocenters. The van der Waals surface area contributed by atoms with Crippen LogP contribution in [0.25, 0.3) is 0 Å². The van der Waals surface area contributed by atoms with Crippen molar-refractivity contribution in [1.82, 2.24) is 5.32 Å². The SMILES string of the molecule is CCCC(NCc1cc(Br)c(C)s1)c1ccccc1. The maximum absolute atomic E-state index is 3.68. The van der Waals surface area contributed by atoms with E-state index in [2.05, 4.69) is 71.5 Å². The molecule has 0 fully saturated rings. The Balaban J connectivity index is 2.01. The van der Waals surface area contributed by atoms with Gasteiger partial charge in [-0.15, -0.1) is 11.3 Å². The fourth-order valence-electron chi connectivity index (χ4n) is 2.19. The molecular weight excluding hydrogens is 318 g/mol. The quantitative estimate of drug-likeness (QED) is 0.738. The third kappa shape index (κ3) is 4.16. The van der Waals surface area contributed by atoms with E-state index in [0.717, 1.165) is 6.54 Å². The molecule has 0 saturated heterocycles. The first-order valence-electron chi connectivity index (χ1n) is 6.74. The first-order valence-corrected chi connectivity index (χ1v) is 8.34. The molecule has 0 spiro atoms. The minimum Gasteiger partial charge on any atom is -0.305 e. The van der Waals surface area contributed by atoms with Crippen molar-refractivity contribution in [2.75, 3.05) is 0 Å². The fraction of sp³-hybridized carbons (Fsp3) is 0.375. The van der Waals surface area contributed by atoms with E-state index in [1.54, 1.807) is 0 Å². The lowest BCUT2D eigenvalue weighted by atomic mass is 10.0. The summed E-state index contributed by atoms with van der Waals surface area (Å²) in [5.74, 6) is 0. The van der Waals surface area contributed by atoms with E-state index in [1.165, 1.54) is 32.6 Å². The first-order chi connectivity index (χ1) is 9.20. The van der Waals surface area contributed by atoms with E-state index >= 15 is 0 Å². The predicted molar refractivity (Wildman–Crippen MR) is 87.7 cm³/mol. The summed E-state index contributed by atoms with van der Waals surface area (Å²) in [7, 11) is 0. The molecule has 0 aliphatic carbocycles. The van der Waals surface area contributed by atoms with Crippen LogP contribution in [0.3, 0.4) is 0 Å². The van der Waals surface area contributed by atoms with Crippen LogP contribution < -0.4 is 5.32 Å². The molecule has 2 aromatic rings. The normalized spacial score (nSPS) is 12.6. The van der Waals surface area contributed by atoms with E-state index in [-0.39, 0.29) is 0 Å². The minimum atomic E-state index is 0.451. The monoisotopic (exact) mass is 337 g/mol. The van der Waals surface area contributed by atoms with Crippen molar-refractivity contribution in [3.63, 3.8) is 0 Å². The summed E-state index contributed by atoms with van der Waals surface area (Å²) in [4.78, 5) is 2.74. The van der Waals surface area contributed by atoms with Gasteiger partial charge in [0.15, 0.2) is 0 Å². The van der Waals surface area contributed by atoms with Gasteiger partial charge in [0.05, 0.1) is 0 Å². The lowest BCUT2D eigenvalue weighted by Gasteiger charge is -2.18. The smallest absolute Gasteiger partial charge is 0.0323 e. The molecule has 1 heterocycles. The molecule has 19 heavy (non-hydrogen) atoms. The third-order valence-corrected chi connectivity index (χ3v) is 5.35. The van der Waals surface area contributed by atoms with Crippen molar-refractivity contribution in [1.29, 1.82) is 0 Å². The summed E-state index contributed by atoms with van der Waals surface area (Å²) < 4.78 is 1.22. The number of aryl methyl sites for hydroxylation is 1. The Hall–Kier alpha value is -0.640. The number of benzene rings is 1. The summed E-state index contributed by atoms with van der Waals surface area (Å²) in [5.41, 5.74) is 1.39. The van der Waals surface area contributed by atoms with Crippen LogP contribution in [-0.4, -0.2) is 0 Å². The number of halogens is 1. The number of hydrogen-bond donors (Lipinski definition) is 1. The Bertz CT molecular complexity index is 487. The molecule has 0 radical (unpaired) electrons. The van der Waals surface area contributed by atoms with Gasteiger partial charge in [-0.1, -0.05) is 43.7 Å². The molecule has 1 nitrogen and oxygen atoms in total. The summed E-state index contributed by atoms with van der Waals surface area (Å²) in [6.45, 7) is 5.33. The highest BCUT2D eigenvalue weighted by Gasteiger charge is 2.10. The fourth-order valence-corrected chi connectivity index (χ4v) is 3.74. The first kappa shape index (κ1) is 14.8. The maximum Gasteiger partial charge on any atom is 0.0323 e. The van der Waals surface area contributed by atoms with Crippen LogP contribution >= 0.6 is 27.3 Å². The number of nitrogens with one attached hydrogen (secondary N) is 1. The van der Waals surface area contributed by atoms with Crippen LogP contribution in [0, 0.1) is 6.92 Å². The second-order valence-electron chi connectivity index (χ2n) is 4.75. The van der Waals surface area contributed by atoms with Crippen LogP contribution in [-0.2, 0) is 6.54 Å². The Morgan fingerprint density at radius 3 is 2.58 bits per heavy atom. The number of rotatable bonds is 6. The van der Waals surface area contributed by atoms with Gasteiger partial charge in [-0.05, 0) is 40.9 Å². The van der Waals surface area contributed by atoms with Crippen molar-refractivity contribution in [3.05, 3.63) is 56.2 Å². The van der Waals surface area contributed by atoms with E-state index in [9.17, 15) is 0 Å². The Morgan fingerprint density at radius 2 is 2.00 bits per heavy atom. The van der Waals surface area contributed by atoms with E-state index in [1.807, 2.05) is 11.3 Å². The van der Waals surface area contributed by atoms with Crippen LogP contribution in [0.5, 0.6) is 0 Å². The molecule has 2 rings (SSSR count). The largest absolute Gasteiger partial charge is 0.305 e. The Labute approximate surface area is 128 Å². The van der Waals surface area contributed by atoms with Gasteiger partial charge < -0.3 is 5.32 Å². The number of hydrogen-bond acceptors (Lipinski definition) is 2. The molecule has 1 unspecified atom stereocenters. The lowest BCUT2D eigenvalue weighted by molar-refractivity contribution is 0.496. The van der Waals surface area contributed by atoms with Crippen LogP contribution in [0.2, 0.25) is 0 Å². The molecule has 1 aromatic heterocycles. The lowest BCUT2D eigenvalue weighted by Crippen LogP contribution is -2.20. The minimum absolute atomic E-state index is 0.451. The molecule has 102 valence electrons. The van der Waals surface area contributed by atoms with Gasteiger partial charge >= 0.3 is 0 Å². The molecule has 0 amide bonds. The molecule has 0 bridgehead atoms. The van der Waals surface area contributed by atoms with Gasteiger partial charge in [0.1, 0.15) is 0 Å². The zero-order valence-electron chi connectivity index (χ0n) is 11.4. The highest BCUT2D eigenvalue weighted by molar-refractivity contribution is 9.10. The van der Waals surface area contributed by atoms with Gasteiger partial charge in [0.2, 0.25) is 0 Å². The highest BCUT2D eigenvalue weighted by Crippen LogP contribution is 2.27. The van der Waals surface area contributed by atoms with Gasteiger partial charge in [-0.2, -0.15) is 0 Å². The molecule has 3 heteroatoms. The van der Waals surface area contributed by atoms with Gasteiger partial charge in [0, 0.05) is 26.8 Å². The second-order valence-corrected chi connectivity index (χ2v) is 6.94.